The minimum absolute atomic E-state index is 0.792. The monoisotopic (exact) mass is 350 g/mol. The smallest absolute Gasteiger partial charge is 0.173 e. The molecule has 0 amide bonds. The summed E-state index contributed by atoms with van der Waals surface area (Å²) in [7, 11) is 0. The molecule has 4 nitrogen and oxygen atoms in total. The second-order valence-corrected chi connectivity index (χ2v) is 6.99. The summed E-state index contributed by atoms with van der Waals surface area (Å²) < 4.78 is 8.69. The molecule has 0 unspecified atom stereocenters. The second-order valence-electron chi connectivity index (χ2n) is 5.40. The highest BCUT2D eigenvalue weighted by Gasteiger charge is 2.08. The van der Waals surface area contributed by atoms with Gasteiger partial charge in [0.15, 0.2) is 5.82 Å². The third-order valence-electron chi connectivity index (χ3n) is 3.58. The predicted octanol–water partition coefficient (Wildman–Crippen LogP) is 4.62. The number of aromatic nitrogens is 4. The molecule has 0 saturated heterocycles. The molecule has 0 aliphatic rings. The maximum absolute atomic E-state index is 4.65. The van der Waals surface area contributed by atoms with Gasteiger partial charge < -0.3 is 0 Å². The van der Waals surface area contributed by atoms with Crippen LogP contribution in [-0.2, 0) is 6.42 Å². The Balaban J connectivity index is 1.51. The van der Waals surface area contributed by atoms with Gasteiger partial charge in [0.1, 0.15) is 15.8 Å². The molecule has 0 spiro atoms. The molecule has 6 heteroatoms. The first-order chi connectivity index (χ1) is 11.8. The van der Waals surface area contributed by atoms with Gasteiger partial charge in [0.05, 0.1) is 0 Å². The highest BCUT2D eigenvalue weighted by Crippen LogP contribution is 2.23. The van der Waals surface area contributed by atoms with Crippen LogP contribution in [0.4, 0.5) is 0 Å². The summed E-state index contributed by atoms with van der Waals surface area (Å²) in [6.45, 7) is 1.91. The maximum atomic E-state index is 4.65. The Bertz CT molecular complexity index is 943. The van der Waals surface area contributed by atoms with Gasteiger partial charge >= 0.3 is 0 Å². The summed E-state index contributed by atoms with van der Waals surface area (Å²) in [5.74, 6) is 1.62. The lowest BCUT2D eigenvalue weighted by molar-refractivity contribution is 1.13. The summed E-state index contributed by atoms with van der Waals surface area (Å²) in [5, 5.41) is 1.98. The molecule has 118 valence electrons. The van der Waals surface area contributed by atoms with Gasteiger partial charge in [0, 0.05) is 17.5 Å². The number of hydrogen-bond donors (Lipinski definition) is 0. The highest BCUT2D eigenvalue weighted by molar-refractivity contribution is 7.09. The minimum atomic E-state index is 0.792. The SMILES string of the molecule is Cc1nsc(-c2ccc(Cc3nc(-c4ccccc4)ns3)cc2)n1. The fraction of sp³-hybridized carbons (Fsp3) is 0.111. The van der Waals surface area contributed by atoms with Crippen LogP contribution in [0.25, 0.3) is 22.0 Å². The Morgan fingerprint density at radius 1 is 0.792 bits per heavy atom. The molecule has 0 bridgehead atoms. The molecule has 2 aromatic carbocycles. The van der Waals surface area contributed by atoms with Gasteiger partial charge in [-0.25, -0.2) is 9.97 Å². The van der Waals surface area contributed by atoms with Crippen molar-refractivity contribution in [2.45, 2.75) is 13.3 Å². The third kappa shape index (κ3) is 3.25. The van der Waals surface area contributed by atoms with Crippen molar-refractivity contribution in [2.75, 3.05) is 0 Å². The molecular weight excluding hydrogens is 336 g/mol. The van der Waals surface area contributed by atoms with Crippen LogP contribution in [0.2, 0.25) is 0 Å². The highest BCUT2D eigenvalue weighted by atomic mass is 32.1. The molecule has 0 atom stereocenters. The Morgan fingerprint density at radius 3 is 2.29 bits per heavy atom. The van der Waals surface area contributed by atoms with Gasteiger partial charge in [-0.3, -0.25) is 0 Å². The van der Waals surface area contributed by atoms with E-state index in [1.807, 2.05) is 37.3 Å². The van der Waals surface area contributed by atoms with E-state index in [0.29, 0.717) is 0 Å². The van der Waals surface area contributed by atoms with Gasteiger partial charge in [-0.15, -0.1) is 0 Å². The Labute approximate surface area is 148 Å². The van der Waals surface area contributed by atoms with E-state index in [1.165, 1.54) is 28.6 Å². The van der Waals surface area contributed by atoms with E-state index in [9.17, 15) is 0 Å². The quantitative estimate of drug-likeness (QED) is 0.539. The lowest BCUT2D eigenvalue weighted by Gasteiger charge is -2.00. The molecule has 0 aliphatic carbocycles. The van der Waals surface area contributed by atoms with Gasteiger partial charge in [0.25, 0.3) is 0 Å². The number of rotatable bonds is 4. The fourth-order valence-electron chi connectivity index (χ4n) is 2.39. The minimum Gasteiger partial charge on any atom is -0.220 e. The number of hydrogen-bond acceptors (Lipinski definition) is 6. The molecular formula is C18H14N4S2. The molecule has 2 aromatic heterocycles. The summed E-state index contributed by atoms with van der Waals surface area (Å²) in [4.78, 5) is 9.07. The molecule has 4 aromatic rings. The van der Waals surface area contributed by atoms with Crippen LogP contribution in [0.3, 0.4) is 0 Å². The van der Waals surface area contributed by atoms with Gasteiger partial charge in [-0.2, -0.15) is 8.75 Å². The molecule has 0 N–H and O–H groups in total. The van der Waals surface area contributed by atoms with Crippen LogP contribution in [0, 0.1) is 6.92 Å². The van der Waals surface area contributed by atoms with Crippen molar-refractivity contribution in [3.63, 3.8) is 0 Å². The lowest BCUT2D eigenvalue weighted by Crippen LogP contribution is -1.88. The topological polar surface area (TPSA) is 51.6 Å². The van der Waals surface area contributed by atoms with Crippen molar-refractivity contribution in [3.8, 4) is 22.0 Å². The number of nitrogens with zero attached hydrogens (tertiary/aromatic N) is 4. The van der Waals surface area contributed by atoms with Crippen LogP contribution in [0.1, 0.15) is 16.4 Å². The van der Waals surface area contributed by atoms with Crippen molar-refractivity contribution >= 4 is 23.1 Å². The first kappa shape index (κ1) is 15.1. The summed E-state index contributed by atoms with van der Waals surface area (Å²) >= 11 is 2.89. The zero-order valence-electron chi connectivity index (χ0n) is 13.0. The number of aryl methyl sites for hydroxylation is 1. The van der Waals surface area contributed by atoms with E-state index >= 15 is 0 Å². The maximum Gasteiger partial charge on any atom is 0.173 e. The lowest BCUT2D eigenvalue weighted by atomic mass is 10.1. The van der Waals surface area contributed by atoms with E-state index in [-0.39, 0.29) is 0 Å². The molecule has 0 aliphatic heterocycles. The normalized spacial score (nSPS) is 10.9. The van der Waals surface area contributed by atoms with E-state index in [1.54, 1.807) is 0 Å². The van der Waals surface area contributed by atoms with Gasteiger partial charge in [-0.1, -0.05) is 54.6 Å². The average Bonchev–Trinajstić information content (AvgIpc) is 3.26. The average molecular weight is 350 g/mol. The van der Waals surface area contributed by atoms with Crippen LogP contribution >= 0.6 is 23.1 Å². The van der Waals surface area contributed by atoms with Gasteiger partial charge in [0.2, 0.25) is 0 Å². The molecule has 0 fully saturated rings. The molecule has 2 heterocycles. The third-order valence-corrected chi connectivity index (χ3v) is 5.15. The summed E-state index contributed by atoms with van der Waals surface area (Å²) in [5.41, 5.74) is 3.38. The first-order valence-electron chi connectivity index (χ1n) is 7.55. The number of benzene rings is 2. The van der Waals surface area contributed by atoms with Crippen LogP contribution < -0.4 is 0 Å². The van der Waals surface area contributed by atoms with Crippen LogP contribution in [0.15, 0.2) is 54.6 Å². The van der Waals surface area contributed by atoms with E-state index in [4.69, 9.17) is 0 Å². The Kier molecular flexibility index (Phi) is 4.15. The van der Waals surface area contributed by atoms with Crippen molar-refractivity contribution in [2.24, 2.45) is 0 Å². The first-order valence-corrected chi connectivity index (χ1v) is 9.10. The van der Waals surface area contributed by atoms with Crippen molar-refractivity contribution in [3.05, 3.63) is 71.0 Å². The Hall–Kier alpha value is -2.44. The van der Waals surface area contributed by atoms with Crippen molar-refractivity contribution in [1.82, 2.24) is 18.7 Å². The molecule has 0 saturated carbocycles. The van der Waals surface area contributed by atoms with E-state index in [2.05, 4.69) is 43.0 Å². The summed E-state index contributed by atoms with van der Waals surface area (Å²) in [6, 6.07) is 18.5. The molecule has 4 rings (SSSR count). The van der Waals surface area contributed by atoms with E-state index in [0.717, 1.165) is 39.2 Å². The zero-order valence-corrected chi connectivity index (χ0v) is 14.6. The summed E-state index contributed by atoms with van der Waals surface area (Å²) in [6.07, 6.45) is 0.792. The fourth-order valence-corrected chi connectivity index (χ4v) is 3.76. The zero-order chi connectivity index (χ0) is 16.4. The van der Waals surface area contributed by atoms with E-state index < -0.39 is 0 Å². The van der Waals surface area contributed by atoms with Crippen LogP contribution in [0.5, 0.6) is 0 Å². The molecule has 24 heavy (non-hydrogen) atoms. The predicted molar refractivity (Wildman–Crippen MR) is 98.2 cm³/mol. The van der Waals surface area contributed by atoms with Crippen molar-refractivity contribution < 1.29 is 0 Å². The Morgan fingerprint density at radius 2 is 1.58 bits per heavy atom. The largest absolute Gasteiger partial charge is 0.220 e. The second kappa shape index (κ2) is 6.59. The van der Waals surface area contributed by atoms with Crippen LogP contribution in [-0.4, -0.2) is 18.7 Å². The standard InChI is InChI=1S/C18H14N4S2/c1-12-19-18(24-21-12)15-9-7-13(8-10-15)11-16-20-17(22-23-16)14-5-3-2-4-6-14/h2-10H,11H2,1H3. The van der Waals surface area contributed by atoms with Crippen molar-refractivity contribution in [1.29, 1.82) is 0 Å². The molecule has 0 radical (unpaired) electrons. The van der Waals surface area contributed by atoms with Gasteiger partial charge in [-0.05, 0) is 35.6 Å².